The Labute approximate surface area is 156 Å². The van der Waals surface area contributed by atoms with E-state index in [9.17, 15) is 0 Å². The minimum atomic E-state index is 0.577. The smallest absolute Gasteiger partial charge is 0.204 e. The van der Waals surface area contributed by atoms with Crippen LogP contribution in [0.4, 0.5) is 0 Å². The van der Waals surface area contributed by atoms with Gasteiger partial charge in [-0.05, 0) is 24.0 Å². The third kappa shape index (κ3) is 3.18. The fourth-order valence-corrected chi connectivity index (χ4v) is 3.83. The summed E-state index contributed by atoms with van der Waals surface area (Å²) in [6.07, 6.45) is 10.3. The molecule has 0 radical (unpaired) electrons. The van der Waals surface area contributed by atoms with Crippen molar-refractivity contribution in [1.82, 2.24) is 40.1 Å². The summed E-state index contributed by atoms with van der Waals surface area (Å²) in [7, 11) is 0. The lowest BCUT2D eigenvalue weighted by Crippen LogP contribution is -2.13. The van der Waals surface area contributed by atoms with Crippen LogP contribution in [-0.4, -0.2) is 40.1 Å². The Morgan fingerprint density at radius 2 is 1.81 bits per heavy atom. The number of H-pyrrole nitrogens is 1. The highest BCUT2D eigenvalue weighted by Crippen LogP contribution is 2.27. The van der Waals surface area contributed by atoms with E-state index in [1.807, 2.05) is 30.6 Å². The van der Waals surface area contributed by atoms with E-state index < -0.39 is 0 Å². The molecule has 0 saturated heterocycles. The van der Waals surface area contributed by atoms with Gasteiger partial charge in [0.15, 0.2) is 11.3 Å². The van der Waals surface area contributed by atoms with Crippen molar-refractivity contribution in [2.45, 2.75) is 38.6 Å². The molecule has 136 valence electrons. The van der Waals surface area contributed by atoms with Gasteiger partial charge in [-0.25, -0.2) is 15.0 Å². The molecule has 0 amide bonds. The van der Waals surface area contributed by atoms with Crippen molar-refractivity contribution in [2.75, 3.05) is 0 Å². The van der Waals surface area contributed by atoms with Crippen LogP contribution in [0.15, 0.2) is 36.8 Å². The fraction of sp³-hybridized carbons (Fsp3) is 0.368. The first-order valence-corrected chi connectivity index (χ1v) is 9.39. The quantitative estimate of drug-likeness (QED) is 0.600. The number of fused-ring (bicyclic) bond motifs is 1. The minimum Gasteiger partial charge on any atom is -0.314 e. The van der Waals surface area contributed by atoms with E-state index >= 15 is 0 Å². The lowest BCUT2D eigenvalue weighted by Gasteiger charge is -2.21. The summed E-state index contributed by atoms with van der Waals surface area (Å²) in [5.41, 5.74) is 4.32. The van der Waals surface area contributed by atoms with Crippen LogP contribution in [0.25, 0.3) is 33.9 Å². The van der Waals surface area contributed by atoms with Gasteiger partial charge in [0.1, 0.15) is 0 Å². The average Bonchev–Trinajstić information content (AvgIpc) is 3.39. The molecule has 1 fully saturated rings. The van der Waals surface area contributed by atoms with Crippen LogP contribution >= 0.6 is 0 Å². The summed E-state index contributed by atoms with van der Waals surface area (Å²) in [6, 6.07) is 7.93. The Balaban J connectivity index is 1.44. The Morgan fingerprint density at radius 3 is 2.59 bits per heavy atom. The molecule has 0 bridgehead atoms. The van der Waals surface area contributed by atoms with Gasteiger partial charge in [-0.15, -0.1) is 10.2 Å². The first-order valence-electron chi connectivity index (χ1n) is 9.39. The molecule has 4 aromatic rings. The highest BCUT2D eigenvalue weighted by molar-refractivity contribution is 5.72. The van der Waals surface area contributed by atoms with E-state index in [2.05, 4.69) is 35.2 Å². The monoisotopic (exact) mass is 360 g/mol. The van der Waals surface area contributed by atoms with Crippen molar-refractivity contribution in [3.63, 3.8) is 0 Å². The molecular weight excluding hydrogens is 340 g/mol. The van der Waals surface area contributed by atoms with E-state index in [-0.39, 0.29) is 0 Å². The summed E-state index contributed by atoms with van der Waals surface area (Å²) in [4.78, 5) is 13.8. The maximum absolute atomic E-state index is 4.85. The Hall–Kier alpha value is -3.16. The molecule has 1 aromatic carbocycles. The maximum Gasteiger partial charge on any atom is 0.204 e. The summed E-state index contributed by atoms with van der Waals surface area (Å²) < 4.78 is 2.16. The summed E-state index contributed by atoms with van der Waals surface area (Å²) in [5.74, 6) is 1.30. The van der Waals surface area contributed by atoms with Crippen LogP contribution in [-0.2, 0) is 6.54 Å². The van der Waals surface area contributed by atoms with Crippen molar-refractivity contribution in [2.24, 2.45) is 5.92 Å². The predicted octanol–water partition coefficient (Wildman–Crippen LogP) is 3.25. The topological polar surface area (TPSA) is 98.1 Å². The fourth-order valence-electron chi connectivity index (χ4n) is 3.83. The van der Waals surface area contributed by atoms with Gasteiger partial charge in [0.2, 0.25) is 5.82 Å². The molecule has 0 spiro atoms. The zero-order chi connectivity index (χ0) is 18.1. The Morgan fingerprint density at radius 1 is 1.00 bits per heavy atom. The minimum absolute atomic E-state index is 0.577. The average molecular weight is 360 g/mol. The van der Waals surface area contributed by atoms with Gasteiger partial charge in [-0.2, -0.15) is 5.21 Å². The van der Waals surface area contributed by atoms with Crippen molar-refractivity contribution in [3.8, 4) is 22.6 Å². The molecule has 0 atom stereocenters. The van der Waals surface area contributed by atoms with Gasteiger partial charge >= 0.3 is 0 Å². The third-order valence-corrected chi connectivity index (χ3v) is 5.29. The lowest BCUT2D eigenvalue weighted by molar-refractivity contribution is 0.321. The van der Waals surface area contributed by atoms with Gasteiger partial charge in [-0.3, -0.25) is 0 Å². The van der Waals surface area contributed by atoms with Crippen molar-refractivity contribution in [3.05, 3.63) is 36.8 Å². The van der Waals surface area contributed by atoms with E-state index in [4.69, 9.17) is 4.98 Å². The van der Waals surface area contributed by atoms with Crippen LogP contribution < -0.4 is 0 Å². The standard InChI is InChI=1S/C19H20N8/c1-2-4-13(5-3-1)11-27-12-21-18-19(27)22-16(10-20-18)14-6-8-15(9-7-14)17-23-25-26-24-17/h6-10,12-13H,1-5,11H2,(H,23,24,25,26). The highest BCUT2D eigenvalue weighted by Gasteiger charge is 2.16. The normalized spacial score (nSPS) is 15.4. The zero-order valence-corrected chi connectivity index (χ0v) is 14.9. The second-order valence-corrected chi connectivity index (χ2v) is 7.12. The number of benzene rings is 1. The van der Waals surface area contributed by atoms with E-state index in [0.717, 1.165) is 34.9 Å². The number of hydrogen-bond donors (Lipinski definition) is 1. The van der Waals surface area contributed by atoms with Crippen LogP contribution in [0, 0.1) is 5.92 Å². The Kier molecular flexibility index (Phi) is 4.08. The first kappa shape index (κ1) is 16.0. The molecule has 8 nitrogen and oxygen atoms in total. The van der Waals surface area contributed by atoms with Crippen molar-refractivity contribution < 1.29 is 0 Å². The van der Waals surface area contributed by atoms with Gasteiger partial charge in [-0.1, -0.05) is 43.5 Å². The van der Waals surface area contributed by atoms with Crippen LogP contribution in [0.3, 0.4) is 0 Å². The molecular formula is C19H20N8. The first-order chi connectivity index (χ1) is 13.4. The van der Waals surface area contributed by atoms with Crippen LogP contribution in [0.2, 0.25) is 0 Å². The largest absolute Gasteiger partial charge is 0.314 e. The number of aromatic nitrogens is 8. The molecule has 1 N–H and O–H groups in total. The van der Waals surface area contributed by atoms with Crippen LogP contribution in [0.1, 0.15) is 32.1 Å². The molecule has 0 unspecified atom stereocenters. The maximum atomic E-state index is 4.85. The SMILES string of the molecule is c1cc(-c2nn[nH]n2)ccc1-c1cnc2ncn(CC3CCCCC3)c2n1. The summed E-state index contributed by atoms with van der Waals surface area (Å²) in [6.45, 7) is 0.978. The van der Waals surface area contributed by atoms with Gasteiger partial charge in [0, 0.05) is 17.7 Å². The number of hydrogen-bond acceptors (Lipinski definition) is 6. The summed E-state index contributed by atoms with van der Waals surface area (Å²) in [5, 5.41) is 14.1. The number of imidazole rings is 1. The molecule has 8 heteroatoms. The van der Waals surface area contributed by atoms with E-state index in [1.165, 1.54) is 32.1 Å². The predicted molar refractivity (Wildman–Crippen MR) is 101 cm³/mol. The molecule has 1 saturated carbocycles. The number of aromatic amines is 1. The molecule has 5 rings (SSSR count). The number of tetrazole rings is 1. The molecule has 3 heterocycles. The highest BCUT2D eigenvalue weighted by atomic mass is 15.5. The van der Waals surface area contributed by atoms with Gasteiger partial charge in [0.25, 0.3) is 0 Å². The molecule has 0 aliphatic heterocycles. The molecule has 27 heavy (non-hydrogen) atoms. The molecule has 1 aliphatic carbocycles. The van der Waals surface area contributed by atoms with E-state index in [1.54, 1.807) is 6.20 Å². The second kappa shape index (κ2) is 6.86. The number of nitrogens with zero attached hydrogens (tertiary/aromatic N) is 7. The van der Waals surface area contributed by atoms with Crippen LogP contribution in [0.5, 0.6) is 0 Å². The van der Waals surface area contributed by atoms with E-state index in [0.29, 0.717) is 11.5 Å². The van der Waals surface area contributed by atoms with Crippen molar-refractivity contribution >= 4 is 11.3 Å². The van der Waals surface area contributed by atoms with Crippen molar-refractivity contribution in [1.29, 1.82) is 0 Å². The number of rotatable bonds is 4. The third-order valence-electron chi connectivity index (χ3n) is 5.29. The lowest BCUT2D eigenvalue weighted by atomic mass is 9.89. The van der Waals surface area contributed by atoms with Gasteiger partial charge in [0.05, 0.1) is 18.2 Å². The molecule has 1 aliphatic rings. The summed E-state index contributed by atoms with van der Waals surface area (Å²) >= 11 is 0. The number of nitrogens with one attached hydrogen (secondary N) is 1. The van der Waals surface area contributed by atoms with Gasteiger partial charge < -0.3 is 4.57 Å². The second-order valence-electron chi connectivity index (χ2n) is 7.12. The zero-order valence-electron chi connectivity index (χ0n) is 14.9. The molecule has 3 aromatic heterocycles. The Bertz CT molecular complexity index is 1030.